The Morgan fingerprint density at radius 1 is 1.47 bits per heavy atom. The molecular formula is C11H14ClN3O2. The lowest BCUT2D eigenvalue weighted by atomic mass is 10.2. The molecule has 92 valence electrons. The van der Waals surface area contributed by atoms with Crippen molar-refractivity contribution in [3.63, 3.8) is 0 Å². The van der Waals surface area contributed by atoms with Gasteiger partial charge in [-0.15, -0.1) is 0 Å². The molecule has 0 radical (unpaired) electrons. The minimum atomic E-state index is -0.669. The Balaban J connectivity index is 2.61. The van der Waals surface area contributed by atoms with E-state index < -0.39 is 11.7 Å². The van der Waals surface area contributed by atoms with Gasteiger partial charge < -0.3 is 4.74 Å². The van der Waals surface area contributed by atoms with Gasteiger partial charge >= 0.3 is 6.09 Å². The predicted molar refractivity (Wildman–Crippen MR) is 65.4 cm³/mol. The third kappa shape index (κ3) is 4.82. The van der Waals surface area contributed by atoms with Gasteiger partial charge in [-0.05, 0) is 32.9 Å². The van der Waals surface area contributed by atoms with Crippen LogP contribution in [0.4, 0.5) is 4.79 Å². The molecule has 1 rings (SSSR count). The molecule has 0 aromatic carbocycles. The average molecular weight is 256 g/mol. The molecule has 0 spiro atoms. The highest BCUT2D eigenvalue weighted by atomic mass is 35.5. The summed E-state index contributed by atoms with van der Waals surface area (Å²) in [5.74, 6) is -0.0802. The fourth-order valence-corrected chi connectivity index (χ4v) is 1.11. The van der Waals surface area contributed by atoms with Crippen LogP contribution >= 0.6 is 11.6 Å². The lowest BCUT2D eigenvalue weighted by molar-refractivity contribution is 0.0563. The van der Waals surface area contributed by atoms with Crippen LogP contribution < -0.4 is 5.32 Å². The molecule has 6 heteroatoms. The Morgan fingerprint density at radius 3 is 2.59 bits per heavy atom. The number of hydrogen-bond donors (Lipinski definition) is 2. The second kappa shape index (κ2) is 5.14. The van der Waals surface area contributed by atoms with Crippen LogP contribution in [0.15, 0.2) is 18.3 Å². The number of pyridine rings is 1. The van der Waals surface area contributed by atoms with Crippen molar-refractivity contribution < 1.29 is 9.53 Å². The molecule has 0 aliphatic rings. The van der Waals surface area contributed by atoms with Crippen LogP contribution in [0.5, 0.6) is 0 Å². The zero-order valence-corrected chi connectivity index (χ0v) is 10.6. The first-order valence-electron chi connectivity index (χ1n) is 4.98. The van der Waals surface area contributed by atoms with Crippen LogP contribution in [-0.2, 0) is 4.74 Å². The quantitative estimate of drug-likeness (QED) is 0.460. The van der Waals surface area contributed by atoms with Gasteiger partial charge in [0, 0.05) is 11.8 Å². The number of nitrogens with zero attached hydrogens (tertiary/aromatic N) is 1. The van der Waals surface area contributed by atoms with Crippen LogP contribution in [0.1, 0.15) is 26.3 Å². The molecule has 1 aromatic heterocycles. The van der Waals surface area contributed by atoms with Crippen molar-refractivity contribution in [1.29, 1.82) is 5.41 Å². The number of nitrogens with one attached hydrogen (secondary N) is 2. The second-order valence-corrected chi connectivity index (χ2v) is 4.76. The maximum absolute atomic E-state index is 11.4. The highest BCUT2D eigenvalue weighted by molar-refractivity contribution is 6.29. The first-order chi connectivity index (χ1) is 7.78. The smallest absolute Gasteiger partial charge is 0.413 e. The molecule has 0 bridgehead atoms. The van der Waals surface area contributed by atoms with Crippen molar-refractivity contribution in [3.05, 3.63) is 29.0 Å². The number of aromatic nitrogens is 1. The molecule has 1 heterocycles. The van der Waals surface area contributed by atoms with Crippen molar-refractivity contribution in [3.8, 4) is 0 Å². The van der Waals surface area contributed by atoms with E-state index in [1.54, 1.807) is 32.9 Å². The number of alkyl carbamates (subject to hydrolysis) is 1. The van der Waals surface area contributed by atoms with E-state index in [4.69, 9.17) is 21.7 Å². The van der Waals surface area contributed by atoms with Crippen LogP contribution in [0.2, 0.25) is 5.15 Å². The fourth-order valence-electron chi connectivity index (χ4n) is 1.00. The zero-order valence-electron chi connectivity index (χ0n) is 9.87. The monoisotopic (exact) mass is 255 g/mol. The summed E-state index contributed by atoms with van der Waals surface area (Å²) in [6.45, 7) is 5.25. The van der Waals surface area contributed by atoms with E-state index in [0.717, 1.165) is 0 Å². The topological polar surface area (TPSA) is 75.1 Å². The Labute approximate surface area is 105 Å². The molecule has 17 heavy (non-hydrogen) atoms. The van der Waals surface area contributed by atoms with E-state index in [0.29, 0.717) is 10.7 Å². The molecule has 2 N–H and O–H groups in total. The average Bonchev–Trinajstić information content (AvgIpc) is 2.15. The van der Waals surface area contributed by atoms with Gasteiger partial charge in [0.1, 0.15) is 16.6 Å². The Kier molecular flexibility index (Phi) is 4.07. The molecule has 0 unspecified atom stereocenters. The molecular weight excluding hydrogens is 242 g/mol. The van der Waals surface area contributed by atoms with Crippen molar-refractivity contribution >= 4 is 23.5 Å². The second-order valence-electron chi connectivity index (χ2n) is 4.37. The van der Waals surface area contributed by atoms with E-state index in [1.165, 1.54) is 6.20 Å². The highest BCUT2D eigenvalue weighted by Gasteiger charge is 2.17. The largest absolute Gasteiger partial charge is 0.444 e. The molecule has 0 aliphatic heterocycles. The van der Waals surface area contributed by atoms with Gasteiger partial charge in [0.15, 0.2) is 0 Å². The number of amides is 1. The summed E-state index contributed by atoms with van der Waals surface area (Å²) in [4.78, 5) is 15.2. The Hall–Kier alpha value is -1.62. The fraction of sp³-hybridized carbons (Fsp3) is 0.364. The summed E-state index contributed by atoms with van der Waals surface area (Å²) in [5.41, 5.74) is -0.136. The van der Waals surface area contributed by atoms with Gasteiger partial charge in [0.2, 0.25) is 0 Å². The van der Waals surface area contributed by atoms with E-state index >= 15 is 0 Å². The predicted octanol–water partition coefficient (Wildman–Crippen LogP) is 2.59. The van der Waals surface area contributed by atoms with Crippen LogP contribution in [0.25, 0.3) is 0 Å². The van der Waals surface area contributed by atoms with E-state index in [-0.39, 0.29) is 5.84 Å². The molecule has 0 saturated heterocycles. The van der Waals surface area contributed by atoms with Crippen LogP contribution in [-0.4, -0.2) is 22.5 Å². The van der Waals surface area contributed by atoms with Crippen LogP contribution in [0.3, 0.4) is 0 Å². The summed E-state index contributed by atoms with van der Waals surface area (Å²) in [6, 6.07) is 3.14. The molecule has 5 nitrogen and oxygen atoms in total. The minimum Gasteiger partial charge on any atom is -0.444 e. The normalized spacial score (nSPS) is 10.8. The van der Waals surface area contributed by atoms with Crippen molar-refractivity contribution in [2.24, 2.45) is 0 Å². The molecule has 0 saturated carbocycles. The summed E-state index contributed by atoms with van der Waals surface area (Å²) >= 11 is 5.62. The third-order valence-corrected chi connectivity index (χ3v) is 1.87. The molecule has 0 aliphatic carbocycles. The van der Waals surface area contributed by atoms with Crippen LogP contribution in [0, 0.1) is 5.41 Å². The van der Waals surface area contributed by atoms with Crippen molar-refractivity contribution in [1.82, 2.24) is 10.3 Å². The van der Waals surface area contributed by atoms with Crippen molar-refractivity contribution in [2.75, 3.05) is 0 Å². The maximum atomic E-state index is 11.4. The van der Waals surface area contributed by atoms with Gasteiger partial charge in [-0.25, -0.2) is 9.78 Å². The molecule has 0 fully saturated rings. The van der Waals surface area contributed by atoms with Gasteiger partial charge in [0.05, 0.1) is 0 Å². The van der Waals surface area contributed by atoms with Gasteiger partial charge in [-0.2, -0.15) is 0 Å². The van der Waals surface area contributed by atoms with Gasteiger partial charge in [0.25, 0.3) is 0 Å². The molecule has 0 atom stereocenters. The maximum Gasteiger partial charge on any atom is 0.413 e. The summed E-state index contributed by atoms with van der Waals surface area (Å²) in [7, 11) is 0. The lowest BCUT2D eigenvalue weighted by Gasteiger charge is -2.19. The van der Waals surface area contributed by atoms with E-state index in [2.05, 4.69) is 10.3 Å². The van der Waals surface area contributed by atoms with Crippen molar-refractivity contribution in [2.45, 2.75) is 26.4 Å². The highest BCUT2D eigenvalue weighted by Crippen LogP contribution is 2.08. The van der Waals surface area contributed by atoms with Gasteiger partial charge in [-0.3, -0.25) is 10.7 Å². The van der Waals surface area contributed by atoms with Gasteiger partial charge in [-0.1, -0.05) is 11.6 Å². The molecule has 1 aromatic rings. The Bertz CT molecular complexity index is 423. The number of hydrogen-bond acceptors (Lipinski definition) is 4. The summed E-state index contributed by atoms with van der Waals surface area (Å²) < 4.78 is 5.02. The zero-order chi connectivity index (χ0) is 13.1. The lowest BCUT2D eigenvalue weighted by Crippen LogP contribution is -2.36. The SMILES string of the molecule is CC(C)(C)OC(=O)NC(=N)c1ccc(Cl)nc1. The number of ether oxygens (including phenoxy) is 1. The number of amidine groups is 1. The summed E-state index contributed by atoms with van der Waals surface area (Å²) in [6.07, 6.45) is 0.736. The van der Waals surface area contributed by atoms with E-state index in [1.807, 2.05) is 0 Å². The first-order valence-corrected chi connectivity index (χ1v) is 5.36. The number of halogens is 1. The number of carbonyl (C=O) groups is 1. The minimum absolute atomic E-state index is 0.0802. The first kappa shape index (κ1) is 13.4. The number of carbonyl (C=O) groups excluding carboxylic acids is 1. The Morgan fingerprint density at radius 2 is 2.12 bits per heavy atom. The van der Waals surface area contributed by atoms with E-state index in [9.17, 15) is 4.79 Å². The standard InChI is InChI=1S/C11H14ClN3O2/c1-11(2,3)17-10(16)15-9(13)7-4-5-8(12)14-6-7/h4-6H,1-3H3,(H2,13,15,16). The molecule has 1 amide bonds. The number of rotatable bonds is 1. The summed E-state index contributed by atoms with van der Waals surface area (Å²) in [5, 5.41) is 10.3. The third-order valence-electron chi connectivity index (χ3n) is 1.64.